The van der Waals surface area contributed by atoms with Crippen molar-refractivity contribution in [1.82, 2.24) is 44.5 Å². The average molecular weight is 498 g/mol. The highest BCUT2D eigenvalue weighted by atomic mass is 16.2. The van der Waals surface area contributed by atoms with Gasteiger partial charge in [-0.2, -0.15) is 10.3 Å². The van der Waals surface area contributed by atoms with Gasteiger partial charge in [0.25, 0.3) is 0 Å². The zero-order chi connectivity index (χ0) is 25.9. The molecule has 1 aromatic carbocycles. The average Bonchev–Trinajstić information content (AvgIpc) is 3.64. The van der Waals surface area contributed by atoms with Crippen LogP contribution in [0.2, 0.25) is 0 Å². The lowest BCUT2D eigenvalue weighted by molar-refractivity contribution is 0.101. The zero-order valence-electron chi connectivity index (χ0n) is 20.9. The molecule has 188 valence electrons. The third kappa shape index (κ3) is 4.63. The monoisotopic (exact) mass is 497 g/mol. The minimum absolute atomic E-state index is 0.140. The number of imidazole rings is 1. The van der Waals surface area contributed by atoms with Crippen LogP contribution in [0.4, 0.5) is 0 Å². The Hall–Kier alpha value is -4.67. The van der Waals surface area contributed by atoms with Gasteiger partial charge >= 0.3 is 5.69 Å². The Balaban J connectivity index is 1.50. The van der Waals surface area contributed by atoms with Crippen LogP contribution in [0, 0.1) is 0 Å². The zero-order valence-corrected chi connectivity index (χ0v) is 20.9. The molecule has 0 saturated heterocycles. The van der Waals surface area contributed by atoms with Gasteiger partial charge in [0.2, 0.25) is 5.82 Å². The van der Waals surface area contributed by atoms with Gasteiger partial charge in [0.1, 0.15) is 5.82 Å². The summed E-state index contributed by atoms with van der Waals surface area (Å²) in [5.41, 5.74) is 4.45. The molecule has 0 atom stereocenters. The molecule has 4 heterocycles. The number of carbonyl (C=O) groups excluding carboxylic acids is 1. The number of pyridine rings is 1. The number of aryl methyl sites for hydroxylation is 2. The van der Waals surface area contributed by atoms with Crippen molar-refractivity contribution in [3.05, 3.63) is 82.3 Å². The van der Waals surface area contributed by atoms with Crippen molar-refractivity contribution in [2.75, 3.05) is 0 Å². The Bertz CT molecular complexity index is 1590. The first-order chi connectivity index (χ1) is 18.0. The molecule has 0 bridgehead atoms. The summed E-state index contributed by atoms with van der Waals surface area (Å²) in [5, 5.41) is 18.5. The topological polar surface area (TPSA) is 129 Å². The van der Waals surface area contributed by atoms with Crippen LogP contribution in [0.25, 0.3) is 28.5 Å². The maximum Gasteiger partial charge on any atom is 0.334 e. The van der Waals surface area contributed by atoms with Gasteiger partial charge in [-0.3, -0.25) is 23.6 Å². The van der Waals surface area contributed by atoms with Crippen LogP contribution in [0.15, 0.2) is 59.8 Å². The number of ketones is 1. The highest BCUT2D eigenvalue weighted by Crippen LogP contribution is 2.28. The van der Waals surface area contributed by atoms with E-state index in [4.69, 9.17) is 0 Å². The molecule has 5 rings (SSSR count). The predicted molar refractivity (Wildman–Crippen MR) is 137 cm³/mol. The molecule has 1 N–H and O–H groups in total. The number of rotatable bonds is 9. The van der Waals surface area contributed by atoms with Gasteiger partial charge in [-0.1, -0.05) is 43.7 Å². The van der Waals surface area contributed by atoms with E-state index < -0.39 is 0 Å². The number of tetrazole rings is 1. The number of carbonyl (C=O) groups is 1. The number of H-pyrrole nitrogens is 1. The summed E-state index contributed by atoms with van der Waals surface area (Å²) in [5.74, 6) is 0.828. The SMILES string of the molecule is CCCCc1cn(-c2c(C(C)=O)cnn2C)c(=O)n1Cc1ccc(-c2ccccc2-c2nn[nH]n2)nc1. The van der Waals surface area contributed by atoms with E-state index >= 15 is 0 Å². The lowest BCUT2D eigenvalue weighted by Gasteiger charge is -2.09. The summed E-state index contributed by atoms with van der Waals surface area (Å²) >= 11 is 0. The van der Waals surface area contributed by atoms with Crippen molar-refractivity contribution in [3.63, 3.8) is 0 Å². The number of nitrogens with one attached hydrogen (secondary N) is 1. The first-order valence-corrected chi connectivity index (χ1v) is 12.1. The number of hydrogen-bond donors (Lipinski definition) is 1. The minimum atomic E-state index is -0.219. The third-order valence-corrected chi connectivity index (χ3v) is 6.32. The second-order valence-corrected chi connectivity index (χ2v) is 8.86. The number of aromatic amines is 1. The van der Waals surface area contributed by atoms with Gasteiger partial charge in [0, 0.05) is 36.3 Å². The minimum Gasteiger partial charge on any atom is -0.294 e. The largest absolute Gasteiger partial charge is 0.334 e. The second-order valence-electron chi connectivity index (χ2n) is 8.86. The first-order valence-electron chi connectivity index (χ1n) is 12.1. The maximum atomic E-state index is 13.6. The number of Topliss-reactive ketones (excluding diaryl/α,β-unsaturated/α-hetero) is 1. The van der Waals surface area contributed by atoms with Crippen LogP contribution in [0.5, 0.6) is 0 Å². The number of benzene rings is 1. The van der Waals surface area contributed by atoms with Gasteiger partial charge in [-0.05, 0) is 36.6 Å². The highest BCUT2D eigenvalue weighted by molar-refractivity contribution is 5.96. The number of unbranched alkanes of at least 4 members (excludes halogenated alkanes) is 1. The molecule has 0 aliphatic carbocycles. The molecule has 0 saturated carbocycles. The molecule has 0 aliphatic heterocycles. The molecule has 5 aromatic rings. The quantitative estimate of drug-likeness (QED) is 0.310. The number of aromatic nitrogens is 9. The summed E-state index contributed by atoms with van der Waals surface area (Å²) < 4.78 is 4.83. The van der Waals surface area contributed by atoms with Crippen LogP contribution in [-0.4, -0.2) is 50.3 Å². The number of hydrogen-bond acceptors (Lipinski definition) is 7. The lowest BCUT2D eigenvalue weighted by atomic mass is 10.0. The number of nitrogens with zero attached hydrogens (tertiary/aromatic N) is 8. The van der Waals surface area contributed by atoms with Crippen LogP contribution < -0.4 is 5.69 Å². The smallest absolute Gasteiger partial charge is 0.294 e. The van der Waals surface area contributed by atoms with E-state index in [0.717, 1.165) is 47.3 Å². The molecule has 0 spiro atoms. The van der Waals surface area contributed by atoms with Crippen molar-refractivity contribution in [2.45, 2.75) is 39.7 Å². The van der Waals surface area contributed by atoms with E-state index in [0.29, 0.717) is 23.8 Å². The van der Waals surface area contributed by atoms with Crippen LogP contribution >= 0.6 is 0 Å². The Labute approximate surface area is 212 Å². The Morgan fingerprint density at radius 1 is 1.08 bits per heavy atom. The van der Waals surface area contributed by atoms with Crippen LogP contribution in [0.3, 0.4) is 0 Å². The van der Waals surface area contributed by atoms with Gasteiger partial charge in [-0.15, -0.1) is 10.2 Å². The Morgan fingerprint density at radius 2 is 1.89 bits per heavy atom. The van der Waals surface area contributed by atoms with E-state index in [1.807, 2.05) is 42.6 Å². The molecular weight excluding hydrogens is 470 g/mol. The van der Waals surface area contributed by atoms with E-state index in [9.17, 15) is 9.59 Å². The summed E-state index contributed by atoms with van der Waals surface area (Å²) in [6.45, 7) is 3.95. The molecule has 11 nitrogen and oxygen atoms in total. The fourth-order valence-corrected chi connectivity index (χ4v) is 4.41. The van der Waals surface area contributed by atoms with Gasteiger partial charge < -0.3 is 0 Å². The molecule has 11 heteroatoms. The first kappa shape index (κ1) is 24.0. The van der Waals surface area contributed by atoms with Gasteiger partial charge in [0.05, 0.1) is 24.0 Å². The predicted octanol–water partition coefficient (Wildman–Crippen LogP) is 3.21. The van der Waals surface area contributed by atoms with Crippen molar-refractivity contribution < 1.29 is 4.79 Å². The van der Waals surface area contributed by atoms with Crippen LogP contribution in [-0.2, 0) is 20.0 Å². The molecule has 37 heavy (non-hydrogen) atoms. The normalized spacial score (nSPS) is 11.2. The van der Waals surface area contributed by atoms with Crippen molar-refractivity contribution in [2.24, 2.45) is 7.05 Å². The molecule has 0 unspecified atom stereocenters. The fourth-order valence-electron chi connectivity index (χ4n) is 4.41. The Kier molecular flexibility index (Phi) is 6.59. The maximum absolute atomic E-state index is 13.6. The molecule has 0 aliphatic rings. The molecule has 0 amide bonds. The van der Waals surface area contributed by atoms with Crippen LogP contribution in [0.1, 0.15) is 48.3 Å². The summed E-state index contributed by atoms with van der Waals surface area (Å²) in [6.07, 6.45) is 7.79. The van der Waals surface area contributed by atoms with Crippen molar-refractivity contribution in [3.8, 4) is 28.5 Å². The molecule has 4 aromatic heterocycles. The highest BCUT2D eigenvalue weighted by Gasteiger charge is 2.20. The third-order valence-electron chi connectivity index (χ3n) is 6.32. The Morgan fingerprint density at radius 3 is 2.57 bits per heavy atom. The van der Waals surface area contributed by atoms with Crippen molar-refractivity contribution >= 4 is 5.78 Å². The van der Waals surface area contributed by atoms with E-state index in [1.54, 1.807) is 22.5 Å². The molecule has 0 radical (unpaired) electrons. The van der Waals surface area contributed by atoms with E-state index in [1.165, 1.54) is 17.7 Å². The standard InChI is InChI=1S/C26H27N9O2/c1-4-5-8-19-16-35(25-22(17(2)36)14-28-33(25)3)26(37)34(19)15-18-11-12-23(27-13-18)20-9-6-7-10-21(20)24-29-31-32-30-24/h6-7,9-14,16H,4-5,8,15H2,1-3H3,(H,29,30,31,32). The molecular formula is C26H27N9O2. The fraction of sp³-hybridized carbons (Fsp3) is 0.269. The lowest BCUT2D eigenvalue weighted by Crippen LogP contribution is -2.26. The second kappa shape index (κ2) is 10.1. The summed E-state index contributed by atoms with van der Waals surface area (Å²) in [4.78, 5) is 30.4. The van der Waals surface area contributed by atoms with E-state index in [-0.39, 0.29) is 11.5 Å². The summed E-state index contributed by atoms with van der Waals surface area (Å²) in [7, 11) is 1.73. The molecule has 0 fully saturated rings. The van der Waals surface area contributed by atoms with Crippen molar-refractivity contribution in [1.29, 1.82) is 0 Å². The summed E-state index contributed by atoms with van der Waals surface area (Å²) in [6, 6.07) is 11.6. The van der Waals surface area contributed by atoms with Gasteiger partial charge in [-0.25, -0.2) is 4.79 Å². The van der Waals surface area contributed by atoms with E-state index in [2.05, 4.69) is 37.6 Å². The van der Waals surface area contributed by atoms with Gasteiger partial charge in [0.15, 0.2) is 5.78 Å².